The van der Waals surface area contributed by atoms with Gasteiger partial charge in [-0.1, -0.05) is 17.7 Å². The van der Waals surface area contributed by atoms with Gasteiger partial charge >= 0.3 is 5.69 Å². The highest BCUT2D eigenvalue weighted by Crippen LogP contribution is 2.33. The van der Waals surface area contributed by atoms with Crippen LogP contribution < -0.4 is 10.5 Å². The van der Waals surface area contributed by atoms with Crippen molar-refractivity contribution >= 4 is 23.1 Å². The van der Waals surface area contributed by atoms with Crippen LogP contribution in [-0.2, 0) is 0 Å². The first-order valence-corrected chi connectivity index (χ1v) is 6.33. The van der Waals surface area contributed by atoms with Gasteiger partial charge in [-0.2, -0.15) is 0 Å². The number of aryl methyl sites for hydroxylation is 1. The van der Waals surface area contributed by atoms with Crippen LogP contribution in [0.5, 0.6) is 11.5 Å². The zero-order valence-electron chi connectivity index (χ0n) is 11.1. The van der Waals surface area contributed by atoms with Crippen molar-refractivity contribution in [1.29, 1.82) is 5.41 Å². The number of rotatable bonds is 4. The van der Waals surface area contributed by atoms with Crippen molar-refractivity contribution in [3.05, 3.63) is 62.7 Å². The lowest BCUT2D eigenvalue weighted by Gasteiger charge is -2.09. The molecular weight excluding hydrogens is 294 g/mol. The van der Waals surface area contributed by atoms with Gasteiger partial charge in [0.05, 0.1) is 9.95 Å². The van der Waals surface area contributed by atoms with Gasteiger partial charge in [-0.05, 0) is 30.7 Å². The first-order valence-electron chi connectivity index (χ1n) is 5.95. The molecule has 0 aliphatic carbocycles. The Balaban J connectivity index is 2.37. The molecule has 6 nitrogen and oxygen atoms in total. The summed E-state index contributed by atoms with van der Waals surface area (Å²) in [5.41, 5.74) is 6.38. The molecule has 0 unspecified atom stereocenters. The van der Waals surface area contributed by atoms with Gasteiger partial charge in [0.2, 0.25) is 5.75 Å². The average molecular weight is 306 g/mol. The highest BCUT2D eigenvalue weighted by molar-refractivity contribution is 6.34. The third kappa shape index (κ3) is 3.29. The number of nitro groups is 1. The van der Waals surface area contributed by atoms with Crippen molar-refractivity contribution in [2.24, 2.45) is 5.73 Å². The lowest BCUT2D eigenvalue weighted by atomic mass is 10.2. The van der Waals surface area contributed by atoms with E-state index in [-0.39, 0.29) is 22.3 Å². The molecule has 21 heavy (non-hydrogen) atoms. The van der Waals surface area contributed by atoms with Gasteiger partial charge in [0.1, 0.15) is 11.6 Å². The Hall–Kier alpha value is -2.60. The number of ether oxygens (including phenoxy) is 1. The number of nitro benzene ring substituents is 1. The molecule has 2 aromatic carbocycles. The summed E-state index contributed by atoms with van der Waals surface area (Å²) < 4.78 is 5.50. The first kappa shape index (κ1) is 14.8. The molecule has 0 fully saturated rings. The lowest BCUT2D eigenvalue weighted by molar-refractivity contribution is -0.385. The van der Waals surface area contributed by atoms with Gasteiger partial charge in [0, 0.05) is 17.7 Å². The molecule has 0 saturated heterocycles. The largest absolute Gasteiger partial charge is 0.450 e. The summed E-state index contributed by atoms with van der Waals surface area (Å²) in [7, 11) is 0. The zero-order chi connectivity index (χ0) is 15.6. The van der Waals surface area contributed by atoms with Crippen molar-refractivity contribution in [2.45, 2.75) is 6.92 Å². The van der Waals surface area contributed by atoms with Crippen molar-refractivity contribution in [1.82, 2.24) is 0 Å². The molecule has 2 rings (SSSR count). The van der Waals surface area contributed by atoms with Crippen LogP contribution in [-0.4, -0.2) is 10.8 Å². The summed E-state index contributed by atoms with van der Waals surface area (Å²) >= 11 is 5.98. The number of amidine groups is 1. The maximum absolute atomic E-state index is 11.0. The molecule has 0 heterocycles. The minimum absolute atomic E-state index is 0.122. The van der Waals surface area contributed by atoms with Gasteiger partial charge in [-0.15, -0.1) is 0 Å². The van der Waals surface area contributed by atoms with Crippen LogP contribution in [0.25, 0.3) is 0 Å². The van der Waals surface area contributed by atoms with Gasteiger partial charge < -0.3 is 10.5 Å². The van der Waals surface area contributed by atoms with Crippen LogP contribution in [0.4, 0.5) is 5.69 Å². The fourth-order valence-corrected chi connectivity index (χ4v) is 2.03. The predicted molar refractivity (Wildman–Crippen MR) is 80.4 cm³/mol. The van der Waals surface area contributed by atoms with Crippen molar-refractivity contribution in [3.8, 4) is 11.5 Å². The number of benzene rings is 2. The van der Waals surface area contributed by atoms with Crippen molar-refractivity contribution in [3.63, 3.8) is 0 Å². The third-order valence-corrected chi connectivity index (χ3v) is 3.08. The Kier molecular flexibility index (Phi) is 4.09. The minimum atomic E-state index is -0.506. The average Bonchev–Trinajstić information content (AvgIpc) is 2.40. The Morgan fingerprint density at radius 1 is 1.33 bits per heavy atom. The van der Waals surface area contributed by atoms with Crippen LogP contribution in [0.2, 0.25) is 5.02 Å². The molecule has 0 bridgehead atoms. The maximum atomic E-state index is 11.0. The second kappa shape index (κ2) is 5.80. The Morgan fingerprint density at radius 3 is 2.62 bits per heavy atom. The quantitative estimate of drug-likeness (QED) is 0.389. The van der Waals surface area contributed by atoms with E-state index < -0.39 is 4.92 Å². The fourth-order valence-electron chi connectivity index (χ4n) is 1.76. The van der Waals surface area contributed by atoms with Crippen LogP contribution >= 0.6 is 11.6 Å². The number of hydrogen-bond acceptors (Lipinski definition) is 4. The number of hydrogen-bond donors (Lipinski definition) is 2. The van der Waals surface area contributed by atoms with Crippen molar-refractivity contribution in [2.75, 3.05) is 0 Å². The zero-order valence-corrected chi connectivity index (χ0v) is 11.8. The Bertz CT molecular complexity index is 731. The number of nitrogens with one attached hydrogen (secondary N) is 1. The molecule has 108 valence electrons. The summed E-state index contributed by atoms with van der Waals surface area (Å²) in [6, 6.07) is 9.21. The predicted octanol–water partition coefficient (Wildman–Crippen LogP) is 3.63. The van der Waals surface area contributed by atoms with E-state index >= 15 is 0 Å². The molecule has 3 N–H and O–H groups in total. The van der Waals surface area contributed by atoms with Crippen LogP contribution in [0.15, 0.2) is 36.4 Å². The van der Waals surface area contributed by atoms with Crippen LogP contribution in [0.1, 0.15) is 11.1 Å². The molecule has 2 aromatic rings. The normalized spacial score (nSPS) is 10.2. The first-order chi connectivity index (χ1) is 9.88. The number of nitrogen functional groups attached to an aromatic ring is 1. The molecule has 0 radical (unpaired) electrons. The van der Waals surface area contributed by atoms with E-state index in [0.717, 1.165) is 5.56 Å². The number of halogens is 1. The SMILES string of the molecule is Cc1ccc(Oc2ccc(C(=N)N)c(Cl)c2)c([N+](=O)[O-])c1. The van der Waals surface area contributed by atoms with Gasteiger partial charge in [0.25, 0.3) is 0 Å². The van der Waals surface area contributed by atoms with Gasteiger partial charge in [-0.3, -0.25) is 15.5 Å². The standard InChI is InChI=1S/C14H12ClN3O3/c1-8-2-5-13(12(6-8)18(19)20)21-9-3-4-10(14(16)17)11(15)7-9/h2-7H,1H3,(H3,16,17). The molecule has 0 amide bonds. The molecule has 0 aliphatic heterocycles. The second-order valence-electron chi connectivity index (χ2n) is 4.39. The highest BCUT2D eigenvalue weighted by Gasteiger charge is 2.16. The maximum Gasteiger partial charge on any atom is 0.311 e. The summed E-state index contributed by atoms with van der Waals surface area (Å²) in [6.45, 7) is 1.76. The molecule has 7 heteroatoms. The van der Waals surface area contributed by atoms with E-state index in [2.05, 4.69) is 0 Å². The smallest absolute Gasteiger partial charge is 0.311 e. The topological polar surface area (TPSA) is 102 Å². The van der Waals surface area contributed by atoms with Gasteiger partial charge in [-0.25, -0.2) is 0 Å². The van der Waals surface area contributed by atoms with E-state index in [1.54, 1.807) is 19.1 Å². The second-order valence-corrected chi connectivity index (χ2v) is 4.79. The van der Waals surface area contributed by atoms with Crippen LogP contribution in [0, 0.1) is 22.4 Å². The van der Waals surface area contributed by atoms with E-state index in [1.165, 1.54) is 24.3 Å². The number of nitrogens with zero attached hydrogens (tertiary/aromatic N) is 1. The molecule has 0 saturated carbocycles. The summed E-state index contributed by atoms with van der Waals surface area (Å²) in [5.74, 6) is 0.294. The fraction of sp³-hybridized carbons (Fsp3) is 0.0714. The highest BCUT2D eigenvalue weighted by atomic mass is 35.5. The minimum Gasteiger partial charge on any atom is -0.450 e. The molecular formula is C14H12ClN3O3. The van der Waals surface area contributed by atoms with E-state index in [0.29, 0.717) is 11.3 Å². The van der Waals surface area contributed by atoms with E-state index in [9.17, 15) is 10.1 Å². The van der Waals surface area contributed by atoms with Crippen molar-refractivity contribution < 1.29 is 9.66 Å². The Labute approximate surface area is 125 Å². The summed E-state index contributed by atoms with van der Waals surface area (Å²) in [5, 5.41) is 18.6. The monoisotopic (exact) mass is 305 g/mol. The Morgan fingerprint density at radius 2 is 2.05 bits per heavy atom. The summed E-state index contributed by atoms with van der Waals surface area (Å²) in [4.78, 5) is 10.5. The molecule has 0 spiro atoms. The van der Waals surface area contributed by atoms with Crippen LogP contribution in [0.3, 0.4) is 0 Å². The van der Waals surface area contributed by atoms with Gasteiger partial charge in [0.15, 0.2) is 0 Å². The molecule has 0 aromatic heterocycles. The molecule has 0 atom stereocenters. The molecule has 0 aliphatic rings. The van der Waals surface area contributed by atoms with E-state index in [4.69, 9.17) is 27.5 Å². The number of nitrogens with two attached hydrogens (primary N) is 1. The third-order valence-electron chi connectivity index (χ3n) is 2.77. The summed E-state index contributed by atoms with van der Waals surface area (Å²) in [6.07, 6.45) is 0. The van der Waals surface area contributed by atoms with E-state index in [1.807, 2.05) is 0 Å². The lowest BCUT2D eigenvalue weighted by Crippen LogP contribution is -2.11.